The van der Waals surface area contributed by atoms with E-state index in [0.29, 0.717) is 38.3 Å². The third-order valence-corrected chi connectivity index (χ3v) is 6.34. The van der Waals surface area contributed by atoms with Crippen LogP contribution in [0.1, 0.15) is 60.3 Å². The van der Waals surface area contributed by atoms with Gasteiger partial charge in [0.05, 0.1) is 6.10 Å². The van der Waals surface area contributed by atoms with Crippen LogP contribution in [-0.4, -0.2) is 63.6 Å². The number of nitrogens with one attached hydrogen (secondary N) is 2. The number of aliphatic hydroxyl groups excluding tert-OH is 1. The number of carbonyl (C=O) groups is 2. The molecule has 1 unspecified atom stereocenters. The molecule has 0 saturated carbocycles. The Morgan fingerprint density at radius 2 is 1.97 bits per heavy atom. The molecule has 1 atom stereocenters. The van der Waals surface area contributed by atoms with E-state index in [0.717, 1.165) is 30.4 Å². The molecule has 1 aromatic carbocycles. The van der Waals surface area contributed by atoms with Gasteiger partial charge in [0.15, 0.2) is 0 Å². The van der Waals surface area contributed by atoms with Crippen molar-refractivity contribution in [2.45, 2.75) is 64.6 Å². The highest BCUT2D eigenvalue weighted by atomic mass is 16.3. The number of hydrogen-bond acceptors (Lipinski definition) is 7. The van der Waals surface area contributed by atoms with Crippen molar-refractivity contribution >= 4 is 17.6 Å². The predicted molar refractivity (Wildman–Crippen MR) is 131 cm³/mol. The van der Waals surface area contributed by atoms with Crippen molar-refractivity contribution in [1.82, 2.24) is 20.2 Å². The third-order valence-electron chi connectivity index (χ3n) is 6.34. The normalized spacial score (nSPS) is 15.1. The molecule has 1 fully saturated rings. The van der Waals surface area contributed by atoms with E-state index >= 15 is 0 Å². The van der Waals surface area contributed by atoms with Gasteiger partial charge in [-0.25, -0.2) is 9.97 Å². The van der Waals surface area contributed by atoms with Crippen LogP contribution < -0.4 is 16.4 Å². The summed E-state index contributed by atoms with van der Waals surface area (Å²) in [7, 11) is 0. The Hall–Kier alpha value is -3.04. The summed E-state index contributed by atoms with van der Waals surface area (Å²) in [6, 6.07) is 8.09. The van der Waals surface area contributed by atoms with Crippen molar-refractivity contribution in [3.05, 3.63) is 53.0 Å². The fourth-order valence-corrected chi connectivity index (χ4v) is 4.17. The quantitative estimate of drug-likeness (QED) is 0.417. The van der Waals surface area contributed by atoms with E-state index in [2.05, 4.69) is 45.7 Å². The first-order valence-electron chi connectivity index (χ1n) is 12.0. The minimum Gasteiger partial charge on any atom is -0.391 e. The molecule has 0 bridgehead atoms. The first-order valence-corrected chi connectivity index (χ1v) is 12.0. The summed E-state index contributed by atoms with van der Waals surface area (Å²) in [5, 5.41) is 16.5. The number of aromatic nitrogens is 2. The number of hydrogen-bond donors (Lipinski definition) is 4. The van der Waals surface area contributed by atoms with Crippen molar-refractivity contribution in [2.75, 3.05) is 25.0 Å². The minimum absolute atomic E-state index is 0.0934. The van der Waals surface area contributed by atoms with Gasteiger partial charge in [0, 0.05) is 45.2 Å². The largest absolute Gasteiger partial charge is 0.391 e. The number of benzene rings is 1. The number of piperidine rings is 1. The number of aryl methyl sites for hydroxylation is 2. The Morgan fingerprint density at radius 3 is 2.65 bits per heavy atom. The second kappa shape index (κ2) is 12.4. The molecular formula is C25H36N6O3. The van der Waals surface area contributed by atoms with E-state index < -0.39 is 6.10 Å². The van der Waals surface area contributed by atoms with Gasteiger partial charge in [0.1, 0.15) is 17.8 Å². The molecular weight excluding hydrogens is 432 g/mol. The lowest BCUT2D eigenvalue weighted by Crippen LogP contribution is -2.41. The van der Waals surface area contributed by atoms with E-state index in [1.807, 2.05) is 4.90 Å². The van der Waals surface area contributed by atoms with Crippen molar-refractivity contribution < 1.29 is 14.7 Å². The molecule has 1 saturated heterocycles. The molecule has 0 spiro atoms. The average Bonchev–Trinajstić information content (AvgIpc) is 2.86. The van der Waals surface area contributed by atoms with Crippen molar-refractivity contribution in [2.24, 2.45) is 5.73 Å². The number of likely N-dealkylation sites (tertiary alicyclic amines) is 1. The van der Waals surface area contributed by atoms with Gasteiger partial charge in [-0.2, -0.15) is 0 Å². The number of rotatable bonds is 10. The SMILES string of the molecule is CCc1ccc(CCC(O)CNC(=O)c2cc(NC3CCN(C(C)=O)CC3)ncn2)c(CN)c1. The van der Waals surface area contributed by atoms with Gasteiger partial charge in [-0.1, -0.05) is 25.1 Å². The molecule has 2 amide bonds. The fourth-order valence-electron chi connectivity index (χ4n) is 4.17. The van der Waals surface area contributed by atoms with E-state index in [4.69, 9.17) is 5.73 Å². The zero-order valence-electron chi connectivity index (χ0n) is 20.1. The van der Waals surface area contributed by atoms with Crippen LogP contribution in [0.4, 0.5) is 5.82 Å². The highest BCUT2D eigenvalue weighted by Crippen LogP contribution is 2.17. The maximum absolute atomic E-state index is 12.6. The van der Waals surface area contributed by atoms with E-state index in [1.54, 1.807) is 13.0 Å². The summed E-state index contributed by atoms with van der Waals surface area (Å²) < 4.78 is 0. The number of anilines is 1. The van der Waals surface area contributed by atoms with Crippen LogP contribution in [0.2, 0.25) is 0 Å². The standard InChI is InChI=1S/C25H36N6O3/c1-3-18-4-5-19(20(12-18)14-26)6-7-22(33)15-27-25(34)23-13-24(29-16-28-23)30-21-8-10-31(11-9-21)17(2)32/h4-5,12-13,16,21-22,33H,3,6-11,14-15,26H2,1-2H3,(H,27,34)(H,28,29,30). The lowest BCUT2D eigenvalue weighted by atomic mass is 9.98. The summed E-state index contributed by atoms with van der Waals surface area (Å²) >= 11 is 0. The van der Waals surface area contributed by atoms with Gasteiger partial charge in [0.25, 0.3) is 5.91 Å². The Morgan fingerprint density at radius 1 is 1.21 bits per heavy atom. The Kier molecular flexibility index (Phi) is 9.35. The number of carbonyl (C=O) groups excluding carboxylic acids is 2. The molecule has 1 aliphatic heterocycles. The fraction of sp³-hybridized carbons (Fsp3) is 0.520. The molecule has 9 nitrogen and oxygen atoms in total. The zero-order valence-corrected chi connectivity index (χ0v) is 20.1. The topological polar surface area (TPSA) is 133 Å². The molecule has 2 heterocycles. The lowest BCUT2D eigenvalue weighted by Gasteiger charge is -2.31. The number of amides is 2. The number of aliphatic hydroxyl groups is 1. The van der Waals surface area contributed by atoms with E-state index in [-0.39, 0.29) is 30.1 Å². The van der Waals surface area contributed by atoms with Gasteiger partial charge in [-0.15, -0.1) is 0 Å². The molecule has 0 radical (unpaired) electrons. The summed E-state index contributed by atoms with van der Waals surface area (Å²) in [4.78, 5) is 34.1. The molecule has 9 heteroatoms. The van der Waals surface area contributed by atoms with Crippen molar-refractivity contribution in [3.8, 4) is 0 Å². The Bertz CT molecular complexity index is 975. The molecule has 1 aromatic heterocycles. The maximum Gasteiger partial charge on any atom is 0.270 e. The minimum atomic E-state index is -0.675. The number of nitrogens with two attached hydrogens (primary N) is 1. The predicted octanol–water partition coefficient (Wildman–Crippen LogP) is 1.64. The summed E-state index contributed by atoms with van der Waals surface area (Å²) in [5.74, 6) is 0.313. The van der Waals surface area contributed by atoms with Crippen LogP contribution in [0.25, 0.3) is 0 Å². The molecule has 2 aromatic rings. The number of nitrogens with zero attached hydrogens (tertiary/aromatic N) is 3. The van der Waals surface area contributed by atoms with Gasteiger partial charge in [-0.05, 0) is 48.8 Å². The summed E-state index contributed by atoms with van der Waals surface area (Å²) in [6.07, 6.45) is 4.50. The zero-order chi connectivity index (χ0) is 24.5. The summed E-state index contributed by atoms with van der Waals surface area (Å²) in [6.45, 7) is 5.71. The first kappa shape index (κ1) is 25.6. The third kappa shape index (κ3) is 7.23. The molecule has 184 valence electrons. The second-order valence-corrected chi connectivity index (χ2v) is 8.78. The van der Waals surface area contributed by atoms with Gasteiger partial charge >= 0.3 is 0 Å². The van der Waals surface area contributed by atoms with Crippen LogP contribution >= 0.6 is 0 Å². The highest BCUT2D eigenvalue weighted by molar-refractivity contribution is 5.92. The lowest BCUT2D eigenvalue weighted by molar-refractivity contribution is -0.129. The first-order chi connectivity index (χ1) is 16.4. The van der Waals surface area contributed by atoms with Gasteiger partial charge < -0.3 is 26.4 Å². The summed E-state index contributed by atoms with van der Waals surface area (Å²) in [5.41, 5.74) is 9.60. The molecule has 1 aliphatic rings. The average molecular weight is 469 g/mol. The van der Waals surface area contributed by atoms with Crippen LogP contribution in [0.15, 0.2) is 30.6 Å². The Labute approximate surface area is 201 Å². The van der Waals surface area contributed by atoms with Crippen LogP contribution in [0.3, 0.4) is 0 Å². The molecule has 34 heavy (non-hydrogen) atoms. The maximum atomic E-state index is 12.6. The van der Waals surface area contributed by atoms with Crippen LogP contribution in [0, 0.1) is 0 Å². The Balaban J connectivity index is 1.46. The van der Waals surface area contributed by atoms with Crippen molar-refractivity contribution in [3.63, 3.8) is 0 Å². The highest BCUT2D eigenvalue weighted by Gasteiger charge is 2.21. The van der Waals surface area contributed by atoms with E-state index in [9.17, 15) is 14.7 Å². The van der Waals surface area contributed by atoms with Crippen molar-refractivity contribution in [1.29, 1.82) is 0 Å². The van der Waals surface area contributed by atoms with Crippen LogP contribution in [-0.2, 0) is 24.2 Å². The molecule has 5 N–H and O–H groups in total. The van der Waals surface area contributed by atoms with Crippen LogP contribution in [0.5, 0.6) is 0 Å². The van der Waals surface area contributed by atoms with Gasteiger partial charge in [-0.3, -0.25) is 9.59 Å². The smallest absolute Gasteiger partial charge is 0.270 e. The second-order valence-electron chi connectivity index (χ2n) is 8.78. The molecule has 3 rings (SSSR count). The molecule has 0 aliphatic carbocycles. The monoisotopic (exact) mass is 468 g/mol. The van der Waals surface area contributed by atoms with E-state index in [1.165, 1.54) is 11.9 Å². The van der Waals surface area contributed by atoms with Gasteiger partial charge in [0.2, 0.25) is 5.91 Å².